The monoisotopic (exact) mass is 544 g/mol. The van der Waals surface area contributed by atoms with Crippen molar-refractivity contribution in [1.29, 1.82) is 0 Å². The summed E-state index contributed by atoms with van der Waals surface area (Å²) in [6.07, 6.45) is 1.61. The molecule has 0 spiro atoms. The standard InChI is InChI=1S/C29H24N2O7S/c1-4-37-28(35)24-16(2)30-29-31(25(24)20-10-5-6-11-22(20)36-3)26(32)23(39-29)15-19-12-13-21(38-19)17-8-7-9-18(14-17)27(33)34/h5-15,25H,4H2,1-3H3,(H,33,34)/b23-15+/t25-/m1/s1. The lowest BCUT2D eigenvalue weighted by Gasteiger charge is -2.25. The zero-order chi connectivity index (χ0) is 27.7. The van der Waals surface area contributed by atoms with Crippen molar-refractivity contribution in [1.82, 2.24) is 4.57 Å². The molecule has 0 unspecified atom stereocenters. The molecule has 3 heterocycles. The third-order valence-electron chi connectivity index (χ3n) is 6.24. The number of allylic oxidation sites excluding steroid dienone is 1. The Morgan fingerprint density at radius 2 is 1.95 bits per heavy atom. The van der Waals surface area contributed by atoms with Crippen molar-refractivity contribution in [2.24, 2.45) is 4.99 Å². The second-order valence-electron chi connectivity index (χ2n) is 8.63. The lowest BCUT2D eigenvalue weighted by Crippen LogP contribution is -2.40. The Morgan fingerprint density at radius 1 is 1.15 bits per heavy atom. The van der Waals surface area contributed by atoms with Crippen molar-refractivity contribution < 1.29 is 28.6 Å². The SMILES string of the molecule is CCOC(=O)C1=C(C)N=c2s/c(=C/c3ccc(-c4cccc(C(=O)O)c4)o3)c(=O)n2[C@@H]1c1ccccc1OC. The minimum atomic E-state index is -1.04. The molecule has 10 heteroatoms. The van der Waals surface area contributed by atoms with Gasteiger partial charge in [-0.1, -0.05) is 41.7 Å². The van der Waals surface area contributed by atoms with Gasteiger partial charge in [-0.25, -0.2) is 14.6 Å². The van der Waals surface area contributed by atoms with Crippen LogP contribution < -0.4 is 19.6 Å². The summed E-state index contributed by atoms with van der Waals surface area (Å²) in [4.78, 5) is 43.2. The molecular formula is C29H24N2O7S. The van der Waals surface area contributed by atoms with Crippen molar-refractivity contribution in [2.45, 2.75) is 19.9 Å². The maximum absolute atomic E-state index is 13.8. The topological polar surface area (TPSA) is 120 Å². The largest absolute Gasteiger partial charge is 0.496 e. The number of thiazole rings is 1. The fourth-order valence-corrected chi connectivity index (χ4v) is 5.53. The van der Waals surface area contributed by atoms with E-state index in [2.05, 4.69) is 4.99 Å². The first-order valence-electron chi connectivity index (χ1n) is 12.1. The van der Waals surface area contributed by atoms with Crippen LogP contribution in [-0.4, -0.2) is 35.3 Å². The number of hydrogen-bond donors (Lipinski definition) is 1. The van der Waals surface area contributed by atoms with E-state index in [1.165, 1.54) is 35.1 Å². The number of carbonyl (C=O) groups is 2. The Morgan fingerprint density at radius 3 is 2.69 bits per heavy atom. The second kappa shape index (κ2) is 10.6. The first-order chi connectivity index (χ1) is 18.8. The highest BCUT2D eigenvalue weighted by Gasteiger charge is 2.35. The summed E-state index contributed by atoms with van der Waals surface area (Å²) in [6.45, 7) is 3.61. The van der Waals surface area contributed by atoms with Crippen molar-refractivity contribution >= 4 is 29.4 Å². The van der Waals surface area contributed by atoms with Gasteiger partial charge < -0.3 is 19.0 Å². The van der Waals surface area contributed by atoms with Gasteiger partial charge in [0.05, 0.1) is 35.1 Å². The van der Waals surface area contributed by atoms with Crippen molar-refractivity contribution in [3.8, 4) is 17.1 Å². The summed E-state index contributed by atoms with van der Waals surface area (Å²) in [5, 5.41) is 9.28. The van der Waals surface area contributed by atoms with Crippen LogP contribution in [0.5, 0.6) is 5.75 Å². The molecule has 5 rings (SSSR count). The normalized spacial score (nSPS) is 15.1. The summed E-state index contributed by atoms with van der Waals surface area (Å²) in [6, 6.07) is 16.2. The van der Waals surface area contributed by atoms with Crippen LogP contribution in [-0.2, 0) is 9.53 Å². The molecule has 4 aromatic rings. The number of benzene rings is 2. The minimum Gasteiger partial charge on any atom is -0.496 e. The van der Waals surface area contributed by atoms with Crippen molar-refractivity contribution in [2.75, 3.05) is 13.7 Å². The van der Waals surface area contributed by atoms with Gasteiger partial charge in [0.25, 0.3) is 5.56 Å². The van der Waals surface area contributed by atoms with Gasteiger partial charge in [-0.15, -0.1) is 0 Å². The quantitative estimate of drug-likeness (QED) is 0.352. The lowest BCUT2D eigenvalue weighted by atomic mass is 9.95. The molecule has 2 aromatic heterocycles. The van der Waals surface area contributed by atoms with Crippen molar-refractivity contribution in [3.05, 3.63) is 109 Å². The average Bonchev–Trinajstić information content (AvgIpc) is 3.52. The molecule has 198 valence electrons. The predicted molar refractivity (Wildman–Crippen MR) is 144 cm³/mol. The van der Waals surface area contributed by atoms with E-state index in [1.54, 1.807) is 50.3 Å². The van der Waals surface area contributed by atoms with E-state index in [-0.39, 0.29) is 23.3 Å². The number of methoxy groups -OCH3 is 1. The van der Waals surface area contributed by atoms with Crippen LogP contribution in [0.1, 0.15) is 41.6 Å². The zero-order valence-electron chi connectivity index (χ0n) is 21.3. The Hall–Kier alpha value is -4.70. The number of para-hydroxylation sites is 1. The van der Waals surface area contributed by atoms with Crippen LogP contribution in [0, 0.1) is 0 Å². The summed E-state index contributed by atoms with van der Waals surface area (Å²) in [5.41, 5.74) is 1.73. The highest BCUT2D eigenvalue weighted by atomic mass is 32.1. The van der Waals surface area contributed by atoms with Gasteiger partial charge in [0.15, 0.2) is 4.80 Å². The minimum absolute atomic E-state index is 0.142. The van der Waals surface area contributed by atoms with E-state index < -0.39 is 18.0 Å². The van der Waals surface area contributed by atoms with E-state index in [0.29, 0.717) is 43.4 Å². The van der Waals surface area contributed by atoms with Crippen LogP contribution in [0.3, 0.4) is 0 Å². The van der Waals surface area contributed by atoms with Crippen LogP contribution in [0.2, 0.25) is 0 Å². The fraction of sp³-hybridized carbons (Fsp3) is 0.172. The molecule has 0 saturated heterocycles. The van der Waals surface area contributed by atoms with Gasteiger partial charge >= 0.3 is 11.9 Å². The molecule has 1 aliphatic heterocycles. The smallest absolute Gasteiger partial charge is 0.338 e. The van der Waals surface area contributed by atoms with Crippen molar-refractivity contribution in [3.63, 3.8) is 0 Å². The fourth-order valence-electron chi connectivity index (χ4n) is 4.50. The number of aromatic nitrogens is 1. The molecular weight excluding hydrogens is 520 g/mol. The van der Waals surface area contributed by atoms with Crippen LogP contribution in [0.15, 0.2) is 86.1 Å². The number of esters is 1. The van der Waals surface area contributed by atoms with Crippen LogP contribution >= 0.6 is 11.3 Å². The maximum atomic E-state index is 13.8. The molecule has 0 aliphatic carbocycles. The number of fused-ring (bicyclic) bond motifs is 1. The molecule has 0 radical (unpaired) electrons. The highest BCUT2D eigenvalue weighted by Crippen LogP contribution is 2.35. The number of carboxylic acid groups (broad SMARTS) is 1. The zero-order valence-corrected chi connectivity index (χ0v) is 22.2. The molecule has 0 saturated carbocycles. The predicted octanol–water partition coefficient (Wildman–Crippen LogP) is 3.77. The second-order valence-corrected chi connectivity index (χ2v) is 9.64. The molecule has 2 aromatic carbocycles. The molecule has 0 fully saturated rings. The number of aromatic carboxylic acids is 1. The number of carboxylic acids is 1. The lowest BCUT2D eigenvalue weighted by molar-refractivity contribution is -0.139. The van der Waals surface area contributed by atoms with Crippen LogP contribution in [0.4, 0.5) is 0 Å². The first kappa shape index (κ1) is 25.9. The van der Waals surface area contributed by atoms with Crippen LogP contribution in [0.25, 0.3) is 17.4 Å². The summed E-state index contributed by atoms with van der Waals surface area (Å²) in [5.74, 6) is -0.196. The van der Waals surface area contributed by atoms with Gasteiger partial charge in [-0.2, -0.15) is 0 Å². The Balaban J connectivity index is 1.64. The third kappa shape index (κ3) is 4.82. The number of ether oxygens (including phenoxy) is 2. The molecule has 0 bridgehead atoms. The van der Waals surface area contributed by atoms with Gasteiger partial charge in [-0.3, -0.25) is 9.36 Å². The number of carbonyl (C=O) groups excluding carboxylic acids is 1. The van der Waals surface area contributed by atoms with Gasteiger partial charge in [0, 0.05) is 17.2 Å². The van der Waals surface area contributed by atoms with E-state index >= 15 is 0 Å². The molecule has 1 aliphatic rings. The number of rotatable bonds is 7. The summed E-state index contributed by atoms with van der Waals surface area (Å²) in [7, 11) is 1.53. The summed E-state index contributed by atoms with van der Waals surface area (Å²) < 4.78 is 18.7. The van der Waals surface area contributed by atoms with E-state index in [0.717, 1.165) is 0 Å². The van der Waals surface area contributed by atoms with E-state index in [4.69, 9.17) is 13.9 Å². The molecule has 1 atom stereocenters. The first-order valence-corrected chi connectivity index (χ1v) is 12.9. The molecule has 9 nitrogen and oxygen atoms in total. The molecule has 1 N–H and O–H groups in total. The molecule has 39 heavy (non-hydrogen) atoms. The highest BCUT2D eigenvalue weighted by molar-refractivity contribution is 7.07. The molecule has 0 amide bonds. The Labute approximate surface area is 226 Å². The van der Waals surface area contributed by atoms with E-state index in [1.807, 2.05) is 18.2 Å². The Kier molecular flexibility index (Phi) is 7.03. The van der Waals surface area contributed by atoms with Gasteiger partial charge in [-0.05, 0) is 44.2 Å². The van der Waals surface area contributed by atoms with Gasteiger partial charge in [0.1, 0.15) is 23.3 Å². The Bertz CT molecular complexity index is 1810. The maximum Gasteiger partial charge on any atom is 0.338 e. The van der Waals surface area contributed by atoms with E-state index in [9.17, 15) is 19.5 Å². The average molecular weight is 545 g/mol. The number of nitrogens with zero attached hydrogens (tertiary/aromatic N) is 2. The van der Waals surface area contributed by atoms with Gasteiger partial charge in [0.2, 0.25) is 0 Å². The third-order valence-corrected chi connectivity index (χ3v) is 7.23. The number of hydrogen-bond acceptors (Lipinski definition) is 8. The summed E-state index contributed by atoms with van der Waals surface area (Å²) >= 11 is 1.17. The number of furan rings is 1.